The van der Waals surface area contributed by atoms with E-state index in [4.69, 9.17) is 9.84 Å². The van der Waals surface area contributed by atoms with Crippen molar-refractivity contribution in [3.05, 3.63) is 0 Å². The largest absolute Gasteiger partial charge is 0.457 e. The number of esters is 2. The quantitative estimate of drug-likeness (QED) is 0.553. The van der Waals surface area contributed by atoms with Crippen molar-refractivity contribution in [3.63, 3.8) is 0 Å². The molecular weight excluding hydrogens is 374 g/mol. The van der Waals surface area contributed by atoms with E-state index in [1.807, 2.05) is 0 Å². The summed E-state index contributed by atoms with van der Waals surface area (Å²) in [7, 11) is 0. The summed E-state index contributed by atoms with van der Waals surface area (Å²) in [5.74, 6) is -4.33. The van der Waals surface area contributed by atoms with E-state index in [2.05, 4.69) is 4.74 Å². The monoisotopic (exact) mass is 394 g/mol. The van der Waals surface area contributed by atoms with Gasteiger partial charge in [0.1, 0.15) is 5.60 Å². The fourth-order valence-corrected chi connectivity index (χ4v) is 2.89. The van der Waals surface area contributed by atoms with E-state index in [9.17, 15) is 35.9 Å². The number of aliphatic hydroxyl groups is 1. The van der Waals surface area contributed by atoms with Crippen molar-refractivity contribution in [3.8, 4) is 0 Å². The van der Waals surface area contributed by atoms with Gasteiger partial charge >= 0.3 is 29.9 Å². The SMILES string of the molecule is CCC(C)(OC(=O)COC(=O)C(O)(C(F)(F)F)C(F)(F)F)C1CCCC1. The standard InChI is InChI=1S/C15H20F6O5/c1-3-12(2,9-6-4-5-7-9)26-10(22)8-25-11(23)13(24,14(16,17)18)15(19,20)21/h9,24H,3-8H2,1-2H3. The molecule has 0 radical (unpaired) electrons. The summed E-state index contributed by atoms with van der Waals surface area (Å²) in [6.07, 6.45) is -9.01. The molecule has 1 aliphatic rings. The Labute approximate surface area is 145 Å². The Balaban J connectivity index is 2.77. The minimum Gasteiger partial charge on any atom is -0.457 e. The highest BCUT2D eigenvalue weighted by atomic mass is 19.4. The number of alkyl halides is 6. The second kappa shape index (κ2) is 7.61. The number of rotatable bonds is 6. The normalized spacial score (nSPS) is 19.1. The van der Waals surface area contributed by atoms with E-state index in [0.717, 1.165) is 25.7 Å². The molecule has 1 N–H and O–H groups in total. The highest BCUT2D eigenvalue weighted by Crippen LogP contribution is 2.44. The Bertz CT molecular complexity index is 510. The van der Waals surface area contributed by atoms with Crippen molar-refractivity contribution in [2.75, 3.05) is 6.61 Å². The van der Waals surface area contributed by atoms with Gasteiger partial charge in [-0.2, -0.15) is 26.3 Å². The molecule has 1 fully saturated rings. The maximum absolute atomic E-state index is 12.5. The third-order valence-electron chi connectivity index (χ3n) is 4.70. The van der Waals surface area contributed by atoms with Gasteiger partial charge in [0.05, 0.1) is 0 Å². The van der Waals surface area contributed by atoms with Crippen molar-refractivity contribution in [1.29, 1.82) is 0 Å². The van der Waals surface area contributed by atoms with Crippen molar-refractivity contribution >= 4 is 11.9 Å². The molecule has 0 aromatic carbocycles. The topological polar surface area (TPSA) is 72.8 Å². The lowest BCUT2D eigenvalue weighted by Gasteiger charge is -2.34. The van der Waals surface area contributed by atoms with Gasteiger partial charge in [0.15, 0.2) is 6.61 Å². The van der Waals surface area contributed by atoms with Crippen LogP contribution in [0.4, 0.5) is 26.3 Å². The first kappa shape index (κ1) is 22.5. The summed E-state index contributed by atoms with van der Waals surface area (Å²) in [6, 6.07) is 0. The molecule has 0 bridgehead atoms. The third kappa shape index (κ3) is 4.41. The van der Waals surface area contributed by atoms with Crippen molar-refractivity contribution in [2.24, 2.45) is 5.92 Å². The zero-order valence-electron chi connectivity index (χ0n) is 14.2. The molecule has 1 rings (SSSR count). The average Bonchev–Trinajstić information content (AvgIpc) is 3.04. The summed E-state index contributed by atoms with van der Waals surface area (Å²) in [5.41, 5.74) is -6.69. The fraction of sp³-hybridized carbons (Fsp3) is 0.867. The molecular formula is C15H20F6O5. The minimum absolute atomic E-state index is 0.00515. The molecule has 152 valence electrons. The molecule has 0 heterocycles. The average molecular weight is 394 g/mol. The Hall–Kier alpha value is -1.52. The Morgan fingerprint density at radius 1 is 1.04 bits per heavy atom. The number of ether oxygens (including phenoxy) is 2. The number of hydrogen-bond acceptors (Lipinski definition) is 5. The molecule has 5 nitrogen and oxygen atoms in total. The summed E-state index contributed by atoms with van der Waals surface area (Å²) >= 11 is 0. The van der Waals surface area contributed by atoms with Gasteiger partial charge in [0, 0.05) is 0 Å². The van der Waals surface area contributed by atoms with Crippen LogP contribution < -0.4 is 0 Å². The van der Waals surface area contributed by atoms with E-state index in [-0.39, 0.29) is 5.92 Å². The van der Waals surface area contributed by atoms with Gasteiger partial charge in [-0.3, -0.25) is 0 Å². The highest BCUT2D eigenvalue weighted by molar-refractivity contribution is 5.84. The second-order valence-electron chi connectivity index (χ2n) is 6.40. The minimum atomic E-state index is -6.37. The van der Waals surface area contributed by atoms with Crippen LogP contribution in [0.15, 0.2) is 0 Å². The summed E-state index contributed by atoms with van der Waals surface area (Å²) in [4.78, 5) is 23.0. The lowest BCUT2D eigenvalue weighted by atomic mass is 9.85. The molecule has 26 heavy (non-hydrogen) atoms. The summed E-state index contributed by atoms with van der Waals surface area (Å²) < 4.78 is 84.0. The van der Waals surface area contributed by atoms with Crippen LogP contribution in [-0.4, -0.2) is 47.2 Å². The number of carbonyl (C=O) groups excluding carboxylic acids is 2. The van der Waals surface area contributed by atoms with Crippen molar-refractivity contribution in [2.45, 2.75) is 69.5 Å². The van der Waals surface area contributed by atoms with Crippen LogP contribution in [0.25, 0.3) is 0 Å². The predicted octanol–water partition coefficient (Wildman–Crippen LogP) is 3.29. The van der Waals surface area contributed by atoms with Crippen LogP contribution in [0.5, 0.6) is 0 Å². The first-order chi connectivity index (χ1) is 11.7. The Morgan fingerprint density at radius 3 is 1.88 bits per heavy atom. The molecule has 11 heteroatoms. The van der Waals surface area contributed by atoms with E-state index >= 15 is 0 Å². The molecule has 0 aliphatic heterocycles. The van der Waals surface area contributed by atoms with Gasteiger partial charge in [0.2, 0.25) is 0 Å². The summed E-state index contributed by atoms with van der Waals surface area (Å²) in [6.45, 7) is 1.84. The summed E-state index contributed by atoms with van der Waals surface area (Å²) in [5, 5.41) is 8.84. The molecule has 1 atom stereocenters. The van der Waals surface area contributed by atoms with Gasteiger partial charge in [-0.05, 0) is 32.1 Å². The first-order valence-corrected chi connectivity index (χ1v) is 7.94. The maximum atomic E-state index is 12.5. The van der Waals surface area contributed by atoms with E-state index in [1.54, 1.807) is 13.8 Å². The van der Waals surface area contributed by atoms with Gasteiger partial charge in [0.25, 0.3) is 0 Å². The zero-order valence-corrected chi connectivity index (χ0v) is 14.2. The van der Waals surface area contributed by atoms with Crippen LogP contribution in [0.3, 0.4) is 0 Å². The number of halogens is 6. The Morgan fingerprint density at radius 2 is 1.50 bits per heavy atom. The first-order valence-electron chi connectivity index (χ1n) is 7.94. The van der Waals surface area contributed by atoms with Crippen LogP contribution in [0.1, 0.15) is 46.0 Å². The highest BCUT2D eigenvalue weighted by Gasteiger charge is 2.76. The number of hydrogen-bond donors (Lipinski definition) is 1. The smallest absolute Gasteiger partial charge is 0.437 e. The predicted molar refractivity (Wildman–Crippen MR) is 74.8 cm³/mol. The lowest BCUT2D eigenvalue weighted by molar-refractivity contribution is -0.356. The van der Waals surface area contributed by atoms with Gasteiger partial charge in [-0.1, -0.05) is 19.8 Å². The lowest BCUT2D eigenvalue weighted by Crippen LogP contribution is -2.63. The molecule has 1 unspecified atom stereocenters. The molecule has 0 spiro atoms. The van der Waals surface area contributed by atoms with Crippen molar-refractivity contribution in [1.82, 2.24) is 0 Å². The van der Waals surface area contributed by atoms with Crippen LogP contribution in [-0.2, 0) is 19.1 Å². The molecule has 0 aromatic heterocycles. The maximum Gasteiger partial charge on any atom is 0.437 e. The Kier molecular flexibility index (Phi) is 6.59. The third-order valence-corrected chi connectivity index (χ3v) is 4.70. The van der Waals surface area contributed by atoms with E-state index in [1.165, 1.54) is 0 Å². The molecule has 1 saturated carbocycles. The van der Waals surface area contributed by atoms with Crippen LogP contribution >= 0.6 is 0 Å². The molecule has 1 aliphatic carbocycles. The van der Waals surface area contributed by atoms with E-state index < -0.39 is 42.1 Å². The zero-order chi connectivity index (χ0) is 20.4. The van der Waals surface area contributed by atoms with Crippen molar-refractivity contribution < 1.29 is 50.5 Å². The fourth-order valence-electron chi connectivity index (χ4n) is 2.89. The van der Waals surface area contributed by atoms with Gasteiger partial charge in [-0.25, -0.2) is 9.59 Å². The second-order valence-corrected chi connectivity index (χ2v) is 6.40. The van der Waals surface area contributed by atoms with Gasteiger partial charge in [-0.15, -0.1) is 0 Å². The van der Waals surface area contributed by atoms with Crippen LogP contribution in [0.2, 0.25) is 0 Å². The van der Waals surface area contributed by atoms with E-state index in [0.29, 0.717) is 6.42 Å². The molecule has 0 amide bonds. The molecule has 0 saturated heterocycles. The van der Waals surface area contributed by atoms with Gasteiger partial charge < -0.3 is 14.6 Å². The number of carbonyl (C=O) groups is 2. The molecule has 0 aromatic rings. The van der Waals surface area contributed by atoms with Crippen LogP contribution in [0, 0.1) is 5.92 Å².